The summed E-state index contributed by atoms with van der Waals surface area (Å²) in [5, 5.41) is 4.46. The first-order valence-corrected chi connectivity index (χ1v) is 9.08. The molecule has 0 fully saturated rings. The Morgan fingerprint density at radius 1 is 1.26 bits per heavy atom. The highest BCUT2D eigenvalue weighted by Crippen LogP contribution is 2.37. The van der Waals surface area contributed by atoms with Gasteiger partial charge in [-0.3, -0.25) is 9.58 Å². The Hall–Kier alpha value is -2.80. The molecule has 1 aliphatic rings. The van der Waals surface area contributed by atoms with Gasteiger partial charge in [0.1, 0.15) is 11.5 Å². The van der Waals surface area contributed by atoms with E-state index in [1.54, 1.807) is 20.5 Å². The molecule has 0 radical (unpaired) electrons. The fourth-order valence-corrected chi connectivity index (χ4v) is 3.85. The molecule has 1 aliphatic heterocycles. The van der Waals surface area contributed by atoms with Gasteiger partial charge in [0.2, 0.25) is 0 Å². The minimum atomic E-state index is 0.0598. The number of imidazole rings is 1. The summed E-state index contributed by atoms with van der Waals surface area (Å²) in [6.45, 7) is 3.77. The molecule has 1 N–H and O–H groups in total. The summed E-state index contributed by atoms with van der Waals surface area (Å²) in [7, 11) is 5.36. The molecular formula is C20H25N5O2. The lowest BCUT2D eigenvalue weighted by Gasteiger charge is -2.35. The summed E-state index contributed by atoms with van der Waals surface area (Å²) in [6.07, 6.45) is 4.69. The van der Waals surface area contributed by atoms with Gasteiger partial charge in [0.25, 0.3) is 0 Å². The van der Waals surface area contributed by atoms with Crippen LogP contribution in [-0.4, -0.2) is 45.4 Å². The van der Waals surface area contributed by atoms with Gasteiger partial charge in [-0.05, 0) is 25.1 Å². The number of rotatable bonds is 5. The number of aromatic nitrogens is 4. The molecule has 3 heterocycles. The molecule has 7 nitrogen and oxygen atoms in total. The van der Waals surface area contributed by atoms with Crippen LogP contribution in [0.1, 0.15) is 34.3 Å². The number of ether oxygens (including phenoxy) is 2. The Morgan fingerprint density at radius 2 is 2.11 bits per heavy atom. The van der Waals surface area contributed by atoms with E-state index in [1.165, 1.54) is 11.3 Å². The molecule has 0 spiro atoms. The summed E-state index contributed by atoms with van der Waals surface area (Å²) in [5.74, 6) is 1.70. The fourth-order valence-electron chi connectivity index (χ4n) is 3.85. The Morgan fingerprint density at radius 3 is 2.81 bits per heavy atom. The Kier molecular flexibility index (Phi) is 4.61. The summed E-state index contributed by atoms with van der Waals surface area (Å²) in [6, 6.07) is 5.99. The third-order valence-electron chi connectivity index (χ3n) is 5.45. The average molecular weight is 367 g/mol. The lowest BCUT2D eigenvalue weighted by atomic mass is 9.95. The second-order valence-corrected chi connectivity index (χ2v) is 6.88. The van der Waals surface area contributed by atoms with E-state index in [0.717, 1.165) is 48.0 Å². The van der Waals surface area contributed by atoms with Gasteiger partial charge in [0.05, 0.1) is 38.5 Å². The third kappa shape index (κ3) is 3.08. The highest BCUT2D eigenvalue weighted by Gasteiger charge is 2.33. The first-order valence-electron chi connectivity index (χ1n) is 9.08. The van der Waals surface area contributed by atoms with Crippen LogP contribution in [0.5, 0.6) is 11.5 Å². The van der Waals surface area contributed by atoms with Crippen molar-refractivity contribution >= 4 is 0 Å². The number of hydrogen-bond acceptors (Lipinski definition) is 5. The number of H-pyrrole nitrogens is 1. The SMILES string of the molecule is COc1ccc(OC)c(CN2CCc3[nH]cnc3[C@H]2c2cnn(C)c2C)c1. The number of nitrogens with one attached hydrogen (secondary N) is 1. The van der Waals surface area contributed by atoms with E-state index in [9.17, 15) is 0 Å². The number of hydrogen-bond donors (Lipinski definition) is 1. The largest absolute Gasteiger partial charge is 0.497 e. The maximum atomic E-state index is 5.59. The van der Waals surface area contributed by atoms with Gasteiger partial charge in [0.15, 0.2) is 0 Å². The second kappa shape index (κ2) is 7.08. The smallest absolute Gasteiger partial charge is 0.123 e. The fraction of sp³-hybridized carbons (Fsp3) is 0.400. The van der Waals surface area contributed by atoms with Crippen LogP contribution in [0.3, 0.4) is 0 Å². The lowest BCUT2D eigenvalue weighted by molar-refractivity contribution is 0.197. The molecule has 1 atom stereocenters. The third-order valence-corrected chi connectivity index (χ3v) is 5.45. The van der Waals surface area contributed by atoms with E-state index in [-0.39, 0.29) is 6.04 Å². The molecule has 3 aromatic rings. The Balaban J connectivity index is 1.74. The van der Waals surface area contributed by atoms with E-state index in [0.29, 0.717) is 0 Å². The zero-order valence-corrected chi connectivity index (χ0v) is 16.2. The summed E-state index contributed by atoms with van der Waals surface area (Å²) in [4.78, 5) is 10.4. The molecule has 0 aliphatic carbocycles. The predicted octanol–water partition coefficient (Wildman–Crippen LogP) is 2.62. The minimum Gasteiger partial charge on any atom is -0.497 e. The van der Waals surface area contributed by atoms with Crippen LogP contribution < -0.4 is 9.47 Å². The van der Waals surface area contributed by atoms with Crippen LogP contribution in [0.15, 0.2) is 30.7 Å². The summed E-state index contributed by atoms with van der Waals surface area (Å²) < 4.78 is 12.9. The van der Waals surface area contributed by atoms with Gasteiger partial charge in [-0.2, -0.15) is 5.10 Å². The lowest BCUT2D eigenvalue weighted by Crippen LogP contribution is -2.36. The highest BCUT2D eigenvalue weighted by molar-refractivity contribution is 5.41. The standard InChI is InChI=1S/C20H25N5O2/c1-13-16(10-23-24(13)2)20-19-17(21-12-22-19)7-8-25(20)11-14-9-15(26-3)5-6-18(14)27-4/h5-6,9-10,12,20H,7-8,11H2,1-4H3,(H,21,22)/t20-/m1/s1. The van der Waals surface area contributed by atoms with Crippen molar-refractivity contribution in [2.45, 2.75) is 25.9 Å². The van der Waals surface area contributed by atoms with Crippen molar-refractivity contribution in [2.24, 2.45) is 7.05 Å². The highest BCUT2D eigenvalue weighted by atomic mass is 16.5. The van der Waals surface area contributed by atoms with Crippen LogP contribution in [-0.2, 0) is 20.0 Å². The van der Waals surface area contributed by atoms with Crippen molar-refractivity contribution in [3.05, 3.63) is 58.9 Å². The van der Waals surface area contributed by atoms with E-state index >= 15 is 0 Å². The molecule has 0 bridgehead atoms. The van der Waals surface area contributed by atoms with Crippen LogP contribution in [0, 0.1) is 6.92 Å². The molecular weight excluding hydrogens is 342 g/mol. The molecule has 1 aromatic carbocycles. The second-order valence-electron chi connectivity index (χ2n) is 6.88. The molecule has 2 aromatic heterocycles. The molecule has 0 saturated carbocycles. The molecule has 142 valence electrons. The van der Waals surface area contributed by atoms with E-state index in [4.69, 9.17) is 9.47 Å². The van der Waals surface area contributed by atoms with Crippen molar-refractivity contribution in [1.29, 1.82) is 0 Å². The normalized spacial score (nSPS) is 17.0. The zero-order valence-electron chi connectivity index (χ0n) is 16.2. The monoisotopic (exact) mass is 367 g/mol. The van der Waals surface area contributed by atoms with Gasteiger partial charge < -0.3 is 14.5 Å². The van der Waals surface area contributed by atoms with Crippen molar-refractivity contribution in [3.8, 4) is 11.5 Å². The molecule has 4 rings (SSSR count). The van der Waals surface area contributed by atoms with Crippen molar-refractivity contribution in [1.82, 2.24) is 24.6 Å². The number of fused-ring (bicyclic) bond motifs is 1. The predicted molar refractivity (Wildman–Crippen MR) is 102 cm³/mol. The van der Waals surface area contributed by atoms with Gasteiger partial charge in [0, 0.05) is 49.1 Å². The summed E-state index contributed by atoms with van der Waals surface area (Å²) in [5.41, 5.74) is 5.73. The number of nitrogens with zero attached hydrogens (tertiary/aromatic N) is 4. The van der Waals surface area contributed by atoms with Gasteiger partial charge in [-0.1, -0.05) is 0 Å². The topological polar surface area (TPSA) is 68.2 Å². The van der Waals surface area contributed by atoms with Crippen LogP contribution in [0.25, 0.3) is 0 Å². The van der Waals surface area contributed by atoms with Crippen molar-refractivity contribution < 1.29 is 9.47 Å². The Bertz CT molecular complexity index is 946. The maximum absolute atomic E-state index is 5.59. The van der Waals surface area contributed by atoms with E-state index in [2.05, 4.69) is 26.9 Å². The number of methoxy groups -OCH3 is 2. The first kappa shape index (κ1) is 17.6. The summed E-state index contributed by atoms with van der Waals surface area (Å²) >= 11 is 0. The maximum Gasteiger partial charge on any atom is 0.123 e. The number of benzene rings is 1. The van der Waals surface area contributed by atoms with Crippen molar-refractivity contribution in [3.63, 3.8) is 0 Å². The van der Waals surface area contributed by atoms with Gasteiger partial charge in [-0.25, -0.2) is 4.98 Å². The number of aromatic amines is 1. The van der Waals surface area contributed by atoms with E-state index < -0.39 is 0 Å². The van der Waals surface area contributed by atoms with Crippen LogP contribution >= 0.6 is 0 Å². The quantitative estimate of drug-likeness (QED) is 0.751. The first-order chi connectivity index (χ1) is 13.1. The minimum absolute atomic E-state index is 0.0598. The van der Waals surface area contributed by atoms with E-state index in [1.807, 2.05) is 36.1 Å². The van der Waals surface area contributed by atoms with Crippen molar-refractivity contribution in [2.75, 3.05) is 20.8 Å². The van der Waals surface area contributed by atoms with Gasteiger partial charge in [-0.15, -0.1) is 0 Å². The van der Waals surface area contributed by atoms with Crippen LogP contribution in [0.2, 0.25) is 0 Å². The van der Waals surface area contributed by atoms with Gasteiger partial charge >= 0.3 is 0 Å². The molecule has 0 unspecified atom stereocenters. The molecule has 0 saturated heterocycles. The Labute approximate surface area is 158 Å². The molecule has 0 amide bonds. The average Bonchev–Trinajstić information content (AvgIpc) is 3.29. The zero-order chi connectivity index (χ0) is 19.0. The molecule has 27 heavy (non-hydrogen) atoms. The van der Waals surface area contributed by atoms with Crippen LogP contribution in [0.4, 0.5) is 0 Å². The molecule has 7 heteroatoms. The number of aryl methyl sites for hydroxylation is 1.